The summed E-state index contributed by atoms with van der Waals surface area (Å²) in [6, 6.07) is 1.26. The summed E-state index contributed by atoms with van der Waals surface area (Å²) < 4.78 is 0. The highest BCUT2D eigenvalue weighted by molar-refractivity contribution is 6.52. The molecule has 1 saturated carbocycles. The van der Waals surface area contributed by atoms with Crippen molar-refractivity contribution < 1.29 is 19.5 Å². The minimum absolute atomic E-state index is 0.0517. The number of hydrogen-bond donors (Lipinski definition) is 1. The smallest absolute Gasteiger partial charge is 0.334 e. The Morgan fingerprint density at radius 3 is 2.35 bits per heavy atom. The van der Waals surface area contributed by atoms with Gasteiger partial charge in [0.15, 0.2) is 6.04 Å². The highest BCUT2D eigenvalue weighted by Crippen LogP contribution is 2.41. The van der Waals surface area contributed by atoms with E-state index in [9.17, 15) is 19.5 Å². The Balaban J connectivity index is 2.23. The minimum atomic E-state index is -1.47. The van der Waals surface area contributed by atoms with Crippen LogP contribution in [0.2, 0.25) is 10.0 Å². The fourth-order valence-electron chi connectivity index (χ4n) is 2.45. The third kappa shape index (κ3) is 1.89. The molecule has 5 nitrogen and oxygen atoms in total. The number of rotatable bonds is 2. The highest BCUT2D eigenvalue weighted by atomic mass is 35.5. The van der Waals surface area contributed by atoms with Gasteiger partial charge >= 0.3 is 5.97 Å². The van der Waals surface area contributed by atoms with Crippen molar-refractivity contribution in [3.63, 3.8) is 0 Å². The van der Waals surface area contributed by atoms with Crippen molar-refractivity contribution in [3.05, 3.63) is 27.7 Å². The van der Waals surface area contributed by atoms with Crippen LogP contribution in [0.4, 0.5) is 5.69 Å². The van der Waals surface area contributed by atoms with Gasteiger partial charge in [-0.2, -0.15) is 0 Å². The van der Waals surface area contributed by atoms with Crippen LogP contribution < -0.4 is 4.90 Å². The summed E-state index contributed by atoms with van der Waals surface area (Å²) in [6.45, 7) is 0. The van der Waals surface area contributed by atoms with Crippen LogP contribution in [0.1, 0.15) is 23.2 Å². The van der Waals surface area contributed by atoms with Crippen LogP contribution in [-0.2, 0) is 9.59 Å². The molecule has 0 saturated heterocycles. The molecule has 20 heavy (non-hydrogen) atoms. The van der Waals surface area contributed by atoms with Crippen LogP contribution in [0.3, 0.4) is 0 Å². The quantitative estimate of drug-likeness (QED) is 0.669. The number of fused-ring (bicyclic) bond motifs is 1. The van der Waals surface area contributed by atoms with Crippen molar-refractivity contribution in [1.82, 2.24) is 0 Å². The summed E-state index contributed by atoms with van der Waals surface area (Å²) in [7, 11) is 0. The number of carbonyl (C=O) groups excluding carboxylic acids is 2. The lowest BCUT2D eigenvalue weighted by molar-refractivity contribution is -0.141. The molecule has 3 rings (SSSR count). The summed E-state index contributed by atoms with van der Waals surface area (Å²) in [5.41, 5.74) is 0.493. The molecule has 0 spiro atoms. The summed E-state index contributed by atoms with van der Waals surface area (Å²) in [5.74, 6) is -3.09. The van der Waals surface area contributed by atoms with Crippen molar-refractivity contribution in [2.24, 2.45) is 0 Å². The third-order valence-electron chi connectivity index (χ3n) is 3.49. The van der Waals surface area contributed by atoms with Gasteiger partial charge in [0.05, 0.1) is 21.3 Å². The van der Waals surface area contributed by atoms with E-state index in [1.165, 1.54) is 17.0 Å². The van der Waals surface area contributed by atoms with E-state index in [1.54, 1.807) is 0 Å². The van der Waals surface area contributed by atoms with Crippen LogP contribution in [-0.4, -0.2) is 34.7 Å². The van der Waals surface area contributed by atoms with Gasteiger partial charge in [-0.25, -0.2) is 4.79 Å². The molecular formula is C13H9Cl2NO4. The second-order valence-corrected chi connectivity index (χ2v) is 5.67. The average Bonchev–Trinajstić information content (AvgIpc) is 3.19. The summed E-state index contributed by atoms with van der Waals surface area (Å²) >= 11 is 11.8. The van der Waals surface area contributed by atoms with Gasteiger partial charge in [-0.05, 0) is 25.0 Å². The largest absolute Gasteiger partial charge is 0.479 e. The van der Waals surface area contributed by atoms with E-state index < -0.39 is 23.6 Å². The maximum atomic E-state index is 12.0. The molecule has 2 aliphatic rings. The first-order valence-corrected chi connectivity index (χ1v) is 6.76. The zero-order chi connectivity index (χ0) is 14.6. The molecule has 1 atom stereocenters. The van der Waals surface area contributed by atoms with E-state index in [-0.39, 0.29) is 21.7 Å². The van der Waals surface area contributed by atoms with Crippen LogP contribution >= 0.6 is 23.2 Å². The van der Waals surface area contributed by atoms with E-state index in [0.29, 0.717) is 5.69 Å². The minimum Gasteiger partial charge on any atom is -0.479 e. The van der Waals surface area contributed by atoms with Gasteiger partial charge in [0.1, 0.15) is 0 Å². The van der Waals surface area contributed by atoms with Crippen molar-refractivity contribution in [2.75, 3.05) is 4.90 Å². The second kappa shape index (κ2) is 4.46. The van der Waals surface area contributed by atoms with Crippen LogP contribution in [0.25, 0.3) is 0 Å². The van der Waals surface area contributed by atoms with Crippen molar-refractivity contribution in [2.45, 2.75) is 24.9 Å². The van der Waals surface area contributed by atoms with Gasteiger partial charge in [-0.15, -0.1) is 0 Å². The topological polar surface area (TPSA) is 74.7 Å². The van der Waals surface area contributed by atoms with E-state index in [0.717, 1.165) is 12.8 Å². The zero-order valence-corrected chi connectivity index (χ0v) is 11.6. The molecule has 0 bridgehead atoms. The number of Topliss-reactive ketones (excluding diaryl/α,β-unsaturated/α-hetero) is 2. The Labute approximate surface area is 124 Å². The monoisotopic (exact) mass is 313 g/mol. The summed E-state index contributed by atoms with van der Waals surface area (Å²) in [5, 5.41) is 9.64. The lowest BCUT2D eigenvalue weighted by Crippen LogP contribution is -2.54. The predicted molar refractivity (Wildman–Crippen MR) is 72.7 cm³/mol. The van der Waals surface area contributed by atoms with Gasteiger partial charge in [0.2, 0.25) is 11.6 Å². The number of benzene rings is 1. The van der Waals surface area contributed by atoms with E-state index in [4.69, 9.17) is 23.2 Å². The zero-order valence-electron chi connectivity index (χ0n) is 10.1. The maximum Gasteiger partial charge on any atom is 0.334 e. The highest BCUT2D eigenvalue weighted by Gasteiger charge is 2.48. The fourth-order valence-corrected chi connectivity index (χ4v) is 2.77. The third-order valence-corrected chi connectivity index (χ3v) is 4.21. The molecule has 1 N–H and O–H groups in total. The molecule has 1 aromatic rings. The number of carboxylic acids is 1. The lowest BCUT2D eigenvalue weighted by atomic mass is 9.93. The number of halogens is 2. The molecular weight excluding hydrogens is 305 g/mol. The molecule has 0 amide bonds. The van der Waals surface area contributed by atoms with Crippen LogP contribution in [0.5, 0.6) is 0 Å². The molecule has 1 heterocycles. The molecule has 0 aromatic heterocycles. The molecule has 0 radical (unpaired) electrons. The van der Waals surface area contributed by atoms with Gasteiger partial charge < -0.3 is 10.0 Å². The molecule has 1 aromatic carbocycles. The van der Waals surface area contributed by atoms with Crippen molar-refractivity contribution in [3.8, 4) is 0 Å². The molecule has 1 fully saturated rings. The fraction of sp³-hybridized carbons (Fsp3) is 0.308. The lowest BCUT2D eigenvalue weighted by Gasteiger charge is -2.35. The number of nitrogens with zero attached hydrogens (tertiary/aromatic N) is 1. The number of aliphatic carboxylic acids is 1. The Kier molecular flexibility index (Phi) is 2.99. The van der Waals surface area contributed by atoms with E-state index in [1.807, 2.05) is 0 Å². The van der Waals surface area contributed by atoms with Crippen LogP contribution in [0, 0.1) is 0 Å². The number of anilines is 1. The SMILES string of the molecule is O=C1C(=O)C(C(=O)O)N(C2CC2)c2cc(Cl)c(Cl)cc21. The maximum absolute atomic E-state index is 12.0. The standard InChI is InChI=1S/C13H9Cl2NO4/c14-7-3-6-9(4-8(7)15)16(5-1-2-5)10(13(19)20)12(18)11(6)17/h3-5,10H,1-2H2,(H,19,20). The Morgan fingerprint density at radius 2 is 1.80 bits per heavy atom. The van der Waals surface area contributed by atoms with Crippen molar-refractivity contribution in [1.29, 1.82) is 0 Å². The Bertz CT molecular complexity index is 654. The van der Waals surface area contributed by atoms with Gasteiger partial charge in [-0.1, -0.05) is 23.2 Å². The van der Waals surface area contributed by atoms with E-state index >= 15 is 0 Å². The molecule has 104 valence electrons. The summed E-state index contributed by atoms with van der Waals surface area (Å²) in [6.07, 6.45) is 1.57. The number of hydrogen-bond acceptors (Lipinski definition) is 4. The molecule has 7 heteroatoms. The van der Waals surface area contributed by atoms with E-state index in [2.05, 4.69) is 0 Å². The Morgan fingerprint density at radius 1 is 1.20 bits per heavy atom. The van der Waals surface area contributed by atoms with Crippen molar-refractivity contribution >= 4 is 46.4 Å². The summed E-state index contributed by atoms with van der Waals surface area (Å²) in [4.78, 5) is 36.9. The molecule has 1 aliphatic heterocycles. The van der Waals surface area contributed by atoms with Gasteiger partial charge in [-0.3, -0.25) is 9.59 Å². The molecule has 1 aliphatic carbocycles. The first-order chi connectivity index (χ1) is 9.41. The first-order valence-electron chi connectivity index (χ1n) is 6.00. The van der Waals surface area contributed by atoms with Gasteiger partial charge in [0, 0.05) is 6.04 Å². The number of carboxylic acid groups (broad SMARTS) is 1. The predicted octanol–water partition coefficient (Wildman–Crippen LogP) is 2.18. The average molecular weight is 314 g/mol. The number of ketones is 2. The number of carbonyl (C=O) groups is 3. The first kappa shape index (κ1) is 13.4. The normalized spacial score (nSPS) is 21.9. The second-order valence-electron chi connectivity index (χ2n) is 4.86. The molecule has 1 unspecified atom stereocenters. The van der Waals surface area contributed by atoms with Gasteiger partial charge in [0.25, 0.3) is 0 Å². The Hall–Kier alpha value is -1.59. The van der Waals surface area contributed by atoms with Crippen LogP contribution in [0.15, 0.2) is 12.1 Å².